The quantitative estimate of drug-likeness (QED) is 0.788. The van der Waals surface area contributed by atoms with Crippen LogP contribution in [0.25, 0.3) is 0 Å². The van der Waals surface area contributed by atoms with Gasteiger partial charge in [0.05, 0.1) is 0 Å². The van der Waals surface area contributed by atoms with Gasteiger partial charge in [-0.3, -0.25) is 4.98 Å². The van der Waals surface area contributed by atoms with Gasteiger partial charge in [0.2, 0.25) is 0 Å². The smallest absolute Gasteiger partial charge is 0.167 e. The summed E-state index contributed by atoms with van der Waals surface area (Å²) in [7, 11) is 0. The molecule has 2 nitrogen and oxygen atoms in total. The average molecular weight is 217 g/mol. The molecule has 2 rings (SSSR count). The van der Waals surface area contributed by atoms with E-state index in [9.17, 15) is 4.39 Å². The molecule has 1 heterocycles. The Balaban J connectivity index is 2.08. The third-order valence-corrected chi connectivity index (χ3v) is 2.30. The van der Waals surface area contributed by atoms with Crippen molar-refractivity contribution in [2.24, 2.45) is 0 Å². The number of benzene rings is 1. The second-order valence-corrected chi connectivity index (χ2v) is 3.53. The van der Waals surface area contributed by atoms with Crippen LogP contribution in [0.2, 0.25) is 0 Å². The molecule has 0 bridgehead atoms. The molecular formula is C13H12FNO. The van der Waals surface area contributed by atoms with Gasteiger partial charge in [-0.05, 0) is 36.2 Å². The normalized spacial score (nSPS) is 10.1. The molecule has 0 fully saturated rings. The number of hydrogen-bond donors (Lipinski definition) is 0. The molecule has 1 aromatic heterocycles. The molecular weight excluding hydrogens is 205 g/mol. The summed E-state index contributed by atoms with van der Waals surface area (Å²) in [5.41, 5.74) is 1.56. The Labute approximate surface area is 93.7 Å². The summed E-state index contributed by atoms with van der Waals surface area (Å²) >= 11 is 0. The van der Waals surface area contributed by atoms with Crippen LogP contribution in [0.3, 0.4) is 0 Å². The SMILES string of the molecule is Cc1cccc(OCc2ccncc2)c1F. The first-order chi connectivity index (χ1) is 7.77. The molecule has 0 saturated heterocycles. The molecule has 0 spiro atoms. The van der Waals surface area contributed by atoms with Crippen molar-refractivity contribution in [1.82, 2.24) is 4.98 Å². The van der Waals surface area contributed by atoms with E-state index in [2.05, 4.69) is 4.98 Å². The van der Waals surface area contributed by atoms with Crippen molar-refractivity contribution in [3.05, 3.63) is 59.7 Å². The van der Waals surface area contributed by atoms with Gasteiger partial charge in [-0.25, -0.2) is 4.39 Å². The Morgan fingerprint density at radius 1 is 1.19 bits per heavy atom. The molecule has 0 atom stereocenters. The Morgan fingerprint density at radius 2 is 1.94 bits per heavy atom. The number of halogens is 1. The average Bonchev–Trinajstić information content (AvgIpc) is 2.32. The molecule has 82 valence electrons. The number of rotatable bonds is 3. The van der Waals surface area contributed by atoms with Crippen LogP contribution in [0, 0.1) is 12.7 Å². The fourth-order valence-corrected chi connectivity index (χ4v) is 1.37. The number of nitrogens with zero attached hydrogens (tertiary/aromatic N) is 1. The maximum absolute atomic E-state index is 13.6. The molecule has 0 N–H and O–H groups in total. The first kappa shape index (κ1) is 10.6. The third-order valence-electron chi connectivity index (χ3n) is 2.30. The highest BCUT2D eigenvalue weighted by Crippen LogP contribution is 2.20. The number of aryl methyl sites for hydroxylation is 1. The lowest BCUT2D eigenvalue weighted by molar-refractivity contribution is 0.289. The summed E-state index contributed by atoms with van der Waals surface area (Å²) < 4.78 is 19.0. The van der Waals surface area contributed by atoms with Gasteiger partial charge in [0.15, 0.2) is 11.6 Å². The lowest BCUT2D eigenvalue weighted by Gasteiger charge is -2.08. The first-order valence-electron chi connectivity index (χ1n) is 5.04. The molecule has 0 aliphatic carbocycles. The maximum atomic E-state index is 13.6. The lowest BCUT2D eigenvalue weighted by atomic mass is 10.2. The Morgan fingerprint density at radius 3 is 2.69 bits per heavy atom. The molecule has 0 aliphatic heterocycles. The third kappa shape index (κ3) is 2.37. The molecule has 1 aromatic carbocycles. The molecule has 0 unspecified atom stereocenters. The summed E-state index contributed by atoms with van der Waals surface area (Å²) in [4.78, 5) is 3.90. The van der Waals surface area contributed by atoms with Gasteiger partial charge in [0.25, 0.3) is 0 Å². The van der Waals surface area contributed by atoms with E-state index in [1.54, 1.807) is 37.5 Å². The molecule has 0 aliphatic rings. The molecule has 16 heavy (non-hydrogen) atoms. The largest absolute Gasteiger partial charge is 0.486 e. The summed E-state index contributed by atoms with van der Waals surface area (Å²) in [6, 6.07) is 8.81. The van der Waals surface area contributed by atoms with E-state index in [0.29, 0.717) is 12.2 Å². The summed E-state index contributed by atoms with van der Waals surface area (Å²) in [5, 5.41) is 0. The van der Waals surface area contributed by atoms with Crippen LogP contribution in [0.15, 0.2) is 42.7 Å². The van der Waals surface area contributed by atoms with Crippen molar-refractivity contribution in [3.63, 3.8) is 0 Å². The van der Waals surface area contributed by atoms with Crippen molar-refractivity contribution in [2.75, 3.05) is 0 Å². The molecule has 0 saturated carbocycles. The zero-order chi connectivity index (χ0) is 11.4. The number of hydrogen-bond acceptors (Lipinski definition) is 2. The van der Waals surface area contributed by atoms with Gasteiger partial charge in [-0.15, -0.1) is 0 Å². The molecule has 0 radical (unpaired) electrons. The van der Waals surface area contributed by atoms with E-state index in [1.165, 1.54) is 0 Å². The van der Waals surface area contributed by atoms with Gasteiger partial charge in [0.1, 0.15) is 6.61 Å². The number of pyridine rings is 1. The van der Waals surface area contributed by atoms with Crippen molar-refractivity contribution < 1.29 is 9.13 Å². The second kappa shape index (κ2) is 4.75. The highest BCUT2D eigenvalue weighted by molar-refractivity contribution is 5.30. The molecule has 0 amide bonds. The van der Waals surface area contributed by atoms with Gasteiger partial charge >= 0.3 is 0 Å². The summed E-state index contributed by atoms with van der Waals surface area (Å²) in [6.45, 7) is 2.07. The Hall–Kier alpha value is -1.90. The maximum Gasteiger partial charge on any atom is 0.167 e. The van der Waals surface area contributed by atoms with Crippen LogP contribution >= 0.6 is 0 Å². The van der Waals surface area contributed by atoms with Gasteiger partial charge < -0.3 is 4.74 Å². The summed E-state index contributed by atoms with van der Waals surface area (Å²) in [5.74, 6) is -0.00614. The van der Waals surface area contributed by atoms with E-state index in [4.69, 9.17) is 4.74 Å². The van der Waals surface area contributed by atoms with Crippen LogP contribution in [0.5, 0.6) is 5.75 Å². The zero-order valence-corrected chi connectivity index (χ0v) is 8.98. The minimum absolute atomic E-state index is 0.289. The molecule has 2 aromatic rings. The Kier molecular flexibility index (Phi) is 3.15. The van der Waals surface area contributed by atoms with Crippen LogP contribution in [0.4, 0.5) is 4.39 Å². The van der Waals surface area contributed by atoms with E-state index in [0.717, 1.165) is 5.56 Å². The molecule has 3 heteroatoms. The van der Waals surface area contributed by atoms with Gasteiger partial charge in [-0.1, -0.05) is 12.1 Å². The van der Waals surface area contributed by atoms with Gasteiger partial charge in [-0.2, -0.15) is 0 Å². The predicted molar refractivity (Wildman–Crippen MR) is 59.7 cm³/mol. The number of ether oxygens (including phenoxy) is 1. The van der Waals surface area contributed by atoms with Crippen LogP contribution in [-0.4, -0.2) is 4.98 Å². The topological polar surface area (TPSA) is 22.1 Å². The predicted octanol–water partition coefficient (Wildman–Crippen LogP) is 3.11. The highest BCUT2D eigenvalue weighted by atomic mass is 19.1. The van der Waals surface area contributed by atoms with Crippen molar-refractivity contribution in [2.45, 2.75) is 13.5 Å². The minimum Gasteiger partial charge on any atom is -0.486 e. The standard InChI is InChI=1S/C13H12FNO/c1-10-3-2-4-12(13(10)14)16-9-11-5-7-15-8-6-11/h2-8H,9H2,1H3. The van der Waals surface area contributed by atoms with Crippen molar-refractivity contribution >= 4 is 0 Å². The van der Waals surface area contributed by atoms with E-state index >= 15 is 0 Å². The fraction of sp³-hybridized carbons (Fsp3) is 0.154. The number of aromatic nitrogens is 1. The van der Waals surface area contributed by atoms with E-state index < -0.39 is 0 Å². The van der Waals surface area contributed by atoms with Gasteiger partial charge in [0, 0.05) is 12.4 Å². The van der Waals surface area contributed by atoms with Crippen molar-refractivity contribution in [3.8, 4) is 5.75 Å². The fourth-order valence-electron chi connectivity index (χ4n) is 1.37. The van der Waals surface area contributed by atoms with E-state index in [-0.39, 0.29) is 11.6 Å². The second-order valence-electron chi connectivity index (χ2n) is 3.53. The van der Waals surface area contributed by atoms with Crippen molar-refractivity contribution in [1.29, 1.82) is 0 Å². The highest BCUT2D eigenvalue weighted by Gasteiger charge is 2.05. The Bertz CT molecular complexity index is 471. The first-order valence-corrected chi connectivity index (χ1v) is 5.04. The monoisotopic (exact) mass is 217 g/mol. The lowest BCUT2D eigenvalue weighted by Crippen LogP contribution is -1.98. The van der Waals surface area contributed by atoms with E-state index in [1.807, 2.05) is 12.1 Å². The van der Waals surface area contributed by atoms with Crippen LogP contribution in [-0.2, 0) is 6.61 Å². The van der Waals surface area contributed by atoms with Crippen LogP contribution < -0.4 is 4.74 Å². The zero-order valence-electron chi connectivity index (χ0n) is 8.98. The minimum atomic E-state index is -0.295. The van der Waals surface area contributed by atoms with Crippen LogP contribution in [0.1, 0.15) is 11.1 Å². The summed E-state index contributed by atoms with van der Waals surface area (Å²) in [6.07, 6.45) is 3.37.